The minimum atomic E-state index is 0.0977. The molecule has 1 aromatic heterocycles. The summed E-state index contributed by atoms with van der Waals surface area (Å²) < 4.78 is 1.97. The van der Waals surface area contributed by atoms with Crippen LogP contribution in [0.1, 0.15) is 25.7 Å². The first-order valence-corrected chi connectivity index (χ1v) is 8.31. The van der Waals surface area contributed by atoms with E-state index in [0.717, 1.165) is 36.6 Å². The first-order chi connectivity index (χ1) is 11.2. The Morgan fingerprint density at radius 3 is 2.96 bits per heavy atom. The van der Waals surface area contributed by atoms with Crippen molar-refractivity contribution < 1.29 is 4.79 Å². The summed E-state index contributed by atoms with van der Waals surface area (Å²) >= 11 is 0. The molecule has 0 aliphatic carbocycles. The molecule has 2 aromatic rings. The van der Waals surface area contributed by atoms with Crippen LogP contribution >= 0.6 is 0 Å². The summed E-state index contributed by atoms with van der Waals surface area (Å²) in [5, 5.41) is 6.37. The topological polar surface area (TPSA) is 59.0 Å². The minimum absolute atomic E-state index is 0.0977. The second kappa shape index (κ2) is 7.42. The van der Waals surface area contributed by atoms with Crippen molar-refractivity contribution in [3.63, 3.8) is 0 Å². The molecule has 1 aliphatic rings. The maximum Gasteiger partial charge on any atom is 0.224 e. The molecule has 1 fully saturated rings. The van der Waals surface area contributed by atoms with E-state index in [1.165, 1.54) is 12.8 Å². The van der Waals surface area contributed by atoms with Gasteiger partial charge in [0.05, 0.1) is 0 Å². The number of carbonyl (C=O) groups is 1. The van der Waals surface area contributed by atoms with Crippen molar-refractivity contribution in [2.24, 2.45) is 13.0 Å². The summed E-state index contributed by atoms with van der Waals surface area (Å²) in [6, 6.07) is 7.86. The zero-order valence-corrected chi connectivity index (χ0v) is 13.6. The molecule has 0 atom stereocenters. The van der Waals surface area contributed by atoms with Gasteiger partial charge in [-0.2, -0.15) is 0 Å². The molecule has 2 heterocycles. The quantitative estimate of drug-likeness (QED) is 0.892. The monoisotopic (exact) mass is 312 g/mol. The number of anilines is 1. The van der Waals surface area contributed by atoms with Crippen molar-refractivity contribution in [2.75, 3.05) is 18.4 Å². The van der Waals surface area contributed by atoms with Crippen LogP contribution in [0.2, 0.25) is 0 Å². The lowest BCUT2D eigenvalue weighted by molar-refractivity contribution is -0.116. The molecule has 1 aliphatic heterocycles. The van der Waals surface area contributed by atoms with Gasteiger partial charge in [0.1, 0.15) is 5.82 Å². The van der Waals surface area contributed by atoms with Gasteiger partial charge >= 0.3 is 0 Å². The Bertz CT molecular complexity index is 659. The van der Waals surface area contributed by atoms with Crippen molar-refractivity contribution in [3.8, 4) is 11.4 Å². The normalized spacial score (nSPS) is 15.5. The fourth-order valence-corrected chi connectivity index (χ4v) is 3.11. The highest BCUT2D eigenvalue weighted by molar-refractivity contribution is 5.91. The van der Waals surface area contributed by atoms with E-state index < -0.39 is 0 Å². The molecule has 0 radical (unpaired) electrons. The average molecular weight is 312 g/mol. The van der Waals surface area contributed by atoms with Gasteiger partial charge in [-0.25, -0.2) is 4.98 Å². The predicted octanol–water partition coefficient (Wildman–Crippen LogP) is 2.81. The Morgan fingerprint density at radius 1 is 1.39 bits per heavy atom. The number of nitrogens with one attached hydrogen (secondary N) is 2. The van der Waals surface area contributed by atoms with E-state index in [1.54, 1.807) is 6.20 Å². The lowest BCUT2D eigenvalue weighted by atomic mass is 9.93. The largest absolute Gasteiger partial charge is 0.334 e. The highest BCUT2D eigenvalue weighted by Crippen LogP contribution is 2.22. The van der Waals surface area contributed by atoms with E-state index in [4.69, 9.17) is 0 Å². The highest BCUT2D eigenvalue weighted by atomic mass is 16.1. The van der Waals surface area contributed by atoms with Gasteiger partial charge in [-0.1, -0.05) is 12.1 Å². The molecule has 0 bridgehead atoms. The molecule has 1 aromatic carbocycles. The molecular weight excluding hydrogens is 288 g/mol. The second-order valence-electron chi connectivity index (χ2n) is 6.22. The van der Waals surface area contributed by atoms with Crippen molar-refractivity contribution in [1.82, 2.24) is 14.9 Å². The first kappa shape index (κ1) is 15.7. The van der Waals surface area contributed by atoms with E-state index >= 15 is 0 Å². The smallest absolute Gasteiger partial charge is 0.224 e. The number of imidazole rings is 1. The predicted molar refractivity (Wildman–Crippen MR) is 92.1 cm³/mol. The number of carbonyl (C=O) groups excluding carboxylic acids is 1. The Balaban J connectivity index is 1.57. The molecule has 23 heavy (non-hydrogen) atoms. The number of aryl methyl sites for hydroxylation is 1. The van der Waals surface area contributed by atoms with Crippen LogP contribution in [0.4, 0.5) is 5.69 Å². The average Bonchev–Trinajstić information content (AvgIpc) is 3.00. The summed E-state index contributed by atoms with van der Waals surface area (Å²) in [6.45, 7) is 2.16. The third-order valence-electron chi connectivity index (χ3n) is 4.46. The van der Waals surface area contributed by atoms with Crippen molar-refractivity contribution in [1.29, 1.82) is 0 Å². The maximum atomic E-state index is 12.2. The van der Waals surface area contributed by atoms with Gasteiger partial charge in [0.15, 0.2) is 0 Å². The molecule has 0 unspecified atom stereocenters. The Labute approximate surface area is 137 Å². The summed E-state index contributed by atoms with van der Waals surface area (Å²) in [5.74, 6) is 1.68. The first-order valence-electron chi connectivity index (χ1n) is 8.31. The molecule has 0 spiro atoms. The van der Waals surface area contributed by atoms with Gasteiger partial charge in [-0.05, 0) is 50.4 Å². The zero-order chi connectivity index (χ0) is 16.1. The van der Waals surface area contributed by atoms with Gasteiger partial charge in [-0.3, -0.25) is 4.79 Å². The van der Waals surface area contributed by atoms with E-state index in [9.17, 15) is 4.79 Å². The van der Waals surface area contributed by atoms with Gasteiger partial charge in [0.2, 0.25) is 5.91 Å². The van der Waals surface area contributed by atoms with Crippen molar-refractivity contribution >= 4 is 11.6 Å². The SMILES string of the molecule is Cn1ccnc1-c1cccc(NC(=O)CCC2CCNCC2)c1. The van der Waals surface area contributed by atoms with E-state index in [2.05, 4.69) is 15.6 Å². The molecular formula is C18H24N4O. The van der Waals surface area contributed by atoms with Crippen molar-refractivity contribution in [3.05, 3.63) is 36.7 Å². The third kappa shape index (κ3) is 4.20. The Morgan fingerprint density at radius 2 is 2.22 bits per heavy atom. The van der Waals surface area contributed by atoms with Crippen LogP contribution in [0, 0.1) is 5.92 Å². The third-order valence-corrected chi connectivity index (χ3v) is 4.46. The number of nitrogens with zero attached hydrogens (tertiary/aromatic N) is 2. The maximum absolute atomic E-state index is 12.2. The Kier molecular flexibility index (Phi) is 5.08. The van der Waals surface area contributed by atoms with Crippen LogP contribution in [0.3, 0.4) is 0 Å². The molecule has 5 nitrogen and oxygen atoms in total. The lowest BCUT2D eigenvalue weighted by Crippen LogP contribution is -2.28. The summed E-state index contributed by atoms with van der Waals surface area (Å²) in [7, 11) is 1.96. The number of hydrogen-bond acceptors (Lipinski definition) is 3. The number of benzene rings is 1. The van der Waals surface area contributed by atoms with Crippen LogP contribution in [-0.4, -0.2) is 28.5 Å². The molecule has 1 saturated heterocycles. The van der Waals surface area contributed by atoms with Gasteiger partial charge in [0.25, 0.3) is 0 Å². The van der Waals surface area contributed by atoms with Crippen LogP contribution in [0.15, 0.2) is 36.7 Å². The van der Waals surface area contributed by atoms with Gasteiger partial charge in [-0.15, -0.1) is 0 Å². The standard InChI is InChI=1S/C18H24N4O/c1-22-12-11-20-18(22)15-3-2-4-16(13-15)21-17(23)6-5-14-7-9-19-10-8-14/h2-4,11-14,19H,5-10H2,1H3,(H,21,23). The van der Waals surface area contributed by atoms with Crippen LogP contribution < -0.4 is 10.6 Å². The van der Waals surface area contributed by atoms with E-state index in [0.29, 0.717) is 12.3 Å². The fourth-order valence-electron chi connectivity index (χ4n) is 3.11. The summed E-state index contributed by atoms with van der Waals surface area (Å²) in [6.07, 6.45) is 7.63. The second-order valence-corrected chi connectivity index (χ2v) is 6.22. The number of hydrogen-bond donors (Lipinski definition) is 2. The van der Waals surface area contributed by atoms with E-state index in [-0.39, 0.29) is 5.91 Å². The lowest BCUT2D eigenvalue weighted by Gasteiger charge is -2.22. The number of piperidine rings is 1. The molecule has 0 saturated carbocycles. The van der Waals surface area contributed by atoms with Gasteiger partial charge < -0.3 is 15.2 Å². The molecule has 122 valence electrons. The van der Waals surface area contributed by atoms with Gasteiger partial charge in [0, 0.05) is 37.1 Å². The van der Waals surface area contributed by atoms with Crippen LogP contribution in [-0.2, 0) is 11.8 Å². The molecule has 5 heteroatoms. The minimum Gasteiger partial charge on any atom is -0.334 e. The van der Waals surface area contributed by atoms with Crippen molar-refractivity contribution in [2.45, 2.75) is 25.7 Å². The fraction of sp³-hybridized carbons (Fsp3) is 0.444. The Hall–Kier alpha value is -2.14. The molecule has 1 amide bonds. The van der Waals surface area contributed by atoms with E-state index in [1.807, 2.05) is 42.1 Å². The van der Waals surface area contributed by atoms with Crippen LogP contribution in [0.25, 0.3) is 11.4 Å². The zero-order valence-electron chi connectivity index (χ0n) is 13.6. The highest BCUT2D eigenvalue weighted by Gasteiger charge is 2.14. The van der Waals surface area contributed by atoms with Crippen LogP contribution in [0.5, 0.6) is 0 Å². The molecule has 2 N–H and O–H groups in total. The summed E-state index contributed by atoms with van der Waals surface area (Å²) in [5.41, 5.74) is 1.84. The molecule has 3 rings (SSSR count). The number of aromatic nitrogens is 2. The number of rotatable bonds is 5. The summed E-state index contributed by atoms with van der Waals surface area (Å²) in [4.78, 5) is 16.5. The number of amides is 1.